The third kappa shape index (κ3) is 9.97. The smallest absolute Gasteiger partial charge is 0.410 e. The number of ether oxygens (including phenoxy) is 6. The largest absolute Gasteiger partial charge is 0.445 e. The lowest BCUT2D eigenvalue weighted by Crippen LogP contribution is -2.51. The molecule has 6 rings (SSSR count). The molecule has 0 saturated carbocycles. The van der Waals surface area contributed by atoms with Crippen LogP contribution in [0.15, 0.2) is 60.7 Å². The van der Waals surface area contributed by atoms with Gasteiger partial charge in [0.1, 0.15) is 37.4 Å². The number of amides is 4. The van der Waals surface area contributed by atoms with Crippen LogP contribution in [0.4, 0.5) is 9.59 Å². The van der Waals surface area contributed by atoms with Gasteiger partial charge in [0.15, 0.2) is 0 Å². The minimum Gasteiger partial charge on any atom is -0.445 e. The first-order valence-electron chi connectivity index (χ1n) is 17.2. The average molecular weight is 725 g/mol. The van der Waals surface area contributed by atoms with E-state index in [1.165, 1.54) is 24.0 Å². The van der Waals surface area contributed by atoms with E-state index in [2.05, 4.69) is 10.6 Å². The van der Waals surface area contributed by atoms with Crippen molar-refractivity contribution in [3.63, 3.8) is 0 Å². The fourth-order valence-electron chi connectivity index (χ4n) is 6.41. The number of rotatable bonds is 10. The highest BCUT2D eigenvalue weighted by Crippen LogP contribution is 2.23. The quantitative estimate of drug-likeness (QED) is 0.270. The summed E-state index contributed by atoms with van der Waals surface area (Å²) in [5.74, 6) is -1.51. The molecule has 0 spiro atoms. The van der Waals surface area contributed by atoms with Crippen molar-refractivity contribution < 1.29 is 57.2 Å². The van der Waals surface area contributed by atoms with Gasteiger partial charge in [-0.05, 0) is 36.8 Å². The standard InChI is InChI=1S/2C18H22N2O6/c2*1-24-17-13(10-15(21)26-17)19-16(22)14-8-5-9-20(14)18(23)25-11-12-6-3-2-4-7-12/h2*2-4,6-7,13-14,17H,5,8-11H2,1H3,(H,19,22)/t13-,14-,17+;13-,14-,17-/m00/s1. The first kappa shape index (κ1) is 38.0. The predicted octanol–water partition coefficient (Wildman–Crippen LogP) is 2.38. The van der Waals surface area contributed by atoms with Gasteiger partial charge in [-0.1, -0.05) is 60.7 Å². The number of esters is 2. The monoisotopic (exact) mass is 724 g/mol. The van der Waals surface area contributed by atoms with Crippen molar-refractivity contribution in [2.24, 2.45) is 0 Å². The number of methoxy groups -OCH3 is 2. The number of hydrogen-bond acceptors (Lipinski definition) is 12. The molecule has 0 radical (unpaired) electrons. The Kier molecular flexibility index (Phi) is 13.4. The van der Waals surface area contributed by atoms with Crippen molar-refractivity contribution in [3.8, 4) is 0 Å². The summed E-state index contributed by atoms with van der Waals surface area (Å²) >= 11 is 0. The number of nitrogens with one attached hydrogen (secondary N) is 2. The van der Waals surface area contributed by atoms with Crippen LogP contribution in [0.2, 0.25) is 0 Å². The van der Waals surface area contributed by atoms with E-state index in [0.29, 0.717) is 38.8 Å². The number of hydrogen-bond donors (Lipinski definition) is 2. The summed E-state index contributed by atoms with van der Waals surface area (Å²) in [6.45, 7) is 1.22. The van der Waals surface area contributed by atoms with Crippen LogP contribution in [0.1, 0.15) is 49.7 Å². The second-order valence-corrected chi connectivity index (χ2v) is 12.6. The second-order valence-electron chi connectivity index (χ2n) is 12.6. The van der Waals surface area contributed by atoms with Crippen LogP contribution in [-0.2, 0) is 60.8 Å². The Morgan fingerprint density at radius 2 is 1.04 bits per heavy atom. The van der Waals surface area contributed by atoms with E-state index in [4.69, 9.17) is 28.4 Å². The van der Waals surface area contributed by atoms with Gasteiger partial charge in [-0.2, -0.15) is 0 Å². The fourth-order valence-corrected chi connectivity index (χ4v) is 6.41. The van der Waals surface area contributed by atoms with E-state index in [9.17, 15) is 28.8 Å². The van der Waals surface area contributed by atoms with Crippen molar-refractivity contribution in [3.05, 3.63) is 71.8 Å². The van der Waals surface area contributed by atoms with E-state index in [1.807, 2.05) is 60.7 Å². The van der Waals surface area contributed by atoms with E-state index in [0.717, 1.165) is 11.1 Å². The molecule has 4 saturated heterocycles. The zero-order valence-electron chi connectivity index (χ0n) is 29.1. The molecular formula is C36H44N4O12. The van der Waals surface area contributed by atoms with Gasteiger partial charge in [-0.15, -0.1) is 0 Å². The van der Waals surface area contributed by atoms with Crippen molar-refractivity contribution in [1.82, 2.24) is 20.4 Å². The molecule has 4 heterocycles. The Morgan fingerprint density at radius 1 is 0.654 bits per heavy atom. The Labute approximate surface area is 300 Å². The molecule has 0 unspecified atom stereocenters. The van der Waals surface area contributed by atoms with Crippen molar-refractivity contribution in [2.45, 2.75) is 88.5 Å². The lowest BCUT2D eigenvalue weighted by atomic mass is 10.1. The van der Waals surface area contributed by atoms with Crippen LogP contribution < -0.4 is 10.6 Å². The topological polar surface area (TPSA) is 188 Å². The number of carbonyl (C=O) groups is 6. The second kappa shape index (κ2) is 18.3. The summed E-state index contributed by atoms with van der Waals surface area (Å²) in [6.07, 6.45) is -0.0137. The van der Waals surface area contributed by atoms with E-state index in [-0.39, 0.29) is 37.9 Å². The highest BCUT2D eigenvalue weighted by atomic mass is 16.7. The molecule has 280 valence electrons. The molecule has 2 aromatic carbocycles. The molecule has 4 amide bonds. The van der Waals surface area contributed by atoms with Gasteiger partial charge in [-0.25, -0.2) is 9.59 Å². The lowest BCUT2D eigenvalue weighted by molar-refractivity contribution is -0.161. The maximum atomic E-state index is 12.6. The zero-order chi connectivity index (χ0) is 37.0. The summed E-state index contributed by atoms with van der Waals surface area (Å²) in [6, 6.07) is 16.4. The molecule has 4 aliphatic rings. The maximum Gasteiger partial charge on any atom is 0.410 e. The minimum absolute atomic E-state index is 0.0510. The van der Waals surface area contributed by atoms with Crippen molar-refractivity contribution in [1.29, 1.82) is 0 Å². The van der Waals surface area contributed by atoms with E-state index in [1.54, 1.807) is 0 Å². The van der Waals surface area contributed by atoms with Gasteiger partial charge < -0.3 is 39.1 Å². The SMILES string of the molecule is CO[C@@H]1OC(=O)C[C@@H]1NC(=O)[C@@H]1CCCN1C(=O)OCc1ccccc1.CO[C@H]1OC(=O)C[C@@H]1NC(=O)[C@@H]1CCCN1C(=O)OCc1ccccc1. The third-order valence-corrected chi connectivity index (χ3v) is 9.04. The number of cyclic esters (lactones) is 2. The summed E-state index contributed by atoms with van der Waals surface area (Å²) in [5, 5.41) is 5.50. The van der Waals surface area contributed by atoms with Crippen LogP contribution >= 0.6 is 0 Å². The molecule has 0 aliphatic carbocycles. The first-order chi connectivity index (χ1) is 25.2. The first-order valence-corrected chi connectivity index (χ1v) is 17.2. The maximum absolute atomic E-state index is 12.6. The summed E-state index contributed by atoms with van der Waals surface area (Å²) in [7, 11) is 2.82. The van der Waals surface area contributed by atoms with Gasteiger partial charge in [-0.3, -0.25) is 29.0 Å². The summed E-state index contributed by atoms with van der Waals surface area (Å²) in [4.78, 5) is 75.5. The van der Waals surface area contributed by atoms with Crippen LogP contribution in [0, 0.1) is 0 Å². The Hall–Kier alpha value is -5.22. The Morgan fingerprint density at radius 3 is 1.40 bits per heavy atom. The highest BCUT2D eigenvalue weighted by molar-refractivity contribution is 5.88. The molecule has 0 bridgehead atoms. The predicted molar refractivity (Wildman–Crippen MR) is 180 cm³/mol. The highest BCUT2D eigenvalue weighted by Gasteiger charge is 2.42. The van der Waals surface area contributed by atoms with Gasteiger partial charge in [0.05, 0.1) is 12.8 Å². The fraction of sp³-hybridized carbons (Fsp3) is 0.500. The summed E-state index contributed by atoms with van der Waals surface area (Å²) < 4.78 is 30.7. The van der Waals surface area contributed by atoms with E-state index < -0.39 is 60.9 Å². The van der Waals surface area contributed by atoms with Crippen LogP contribution in [0.25, 0.3) is 0 Å². The molecule has 16 heteroatoms. The number of carbonyl (C=O) groups excluding carboxylic acids is 6. The summed E-state index contributed by atoms with van der Waals surface area (Å²) in [5.41, 5.74) is 1.76. The van der Waals surface area contributed by atoms with Gasteiger partial charge in [0.25, 0.3) is 0 Å². The molecule has 52 heavy (non-hydrogen) atoms. The van der Waals surface area contributed by atoms with Gasteiger partial charge >= 0.3 is 24.1 Å². The average Bonchev–Trinajstić information content (AvgIpc) is 3.97. The van der Waals surface area contributed by atoms with Crippen molar-refractivity contribution in [2.75, 3.05) is 27.3 Å². The van der Waals surface area contributed by atoms with Gasteiger partial charge in [0.2, 0.25) is 24.4 Å². The molecule has 6 atom stereocenters. The minimum atomic E-state index is -0.800. The number of benzene rings is 2. The van der Waals surface area contributed by atoms with E-state index >= 15 is 0 Å². The van der Waals surface area contributed by atoms with Crippen LogP contribution in [0.5, 0.6) is 0 Å². The number of likely N-dealkylation sites (tertiary alicyclic amines) is 2. The molecular weight excluding hydrogens is 680 g/mol. The van der Waals surface area contributed by atoms with Crippen molar-refractivity contribution >= 4 is 35.9 Å². The zero-order valence-corrected chi connectivity index (χ0v) is 29.1. The number of nitrogens with zero attached hydrogens (tertiary/aromatic N) is 2. The lowest BCUT2D eigenvalue weighted by Gasteiger charge is -2.25. The molecule has 4 aliphatic heterocycles. The normalized spacial score (nSPS) is 25.0. The molecule has 2 aromatic rings. The van der Waals surface area contributed by atoms with Gasteiger partial charge in [0, 0.05) is 27.3 Å². The molecule has 2 N–H and O–H groups in total. The third-order valence-electron chi connectivity index (χ3n) is 9.04. The Bertz CT molecular complexity index is 1450. The molecule has 0 aromatic heterocycles. The Balaban J connectivity index is 0.000000201. The molecule has 4 fully saturated rings. The molecule has 16 nitrogen and oxygen atoms in total. The van der Waals surface area contributed by atoms with Crippen LogP contribution in [-0.4, -0.2) is 110 Å². The van der Waals surface area contributed by atoms with Crippen LogP contribution in [0.3, 0.4) is 0 Å².